The summed E-state index contributed by atoms with van der Waals surface area (Å²) < 4.78 is 29.4. The summed E-state index contributed by atoms with van der Waals surface area (Å²) in [5, 5.41) is 5.25. The van der Waals surface area contributed by atoms with E-state index in [1.54, 1.807) is 40.9 Å². The van der Waals surface area contributed by atoms with E-state index in [-0.39, 0.29) is 23.2 Å². The standard InChI is InChI=1S/C30H27ClN4O3S3.ClH/c1-2-15-35-16-14-23-26(18-35)40-30(27(23)29-32-24-8-3-4-9-25(24)39-29)33-28(36)19-6-5-7-21(17-19)34-41(37,38)22-12-10-20(31)11-13-22;/h3-13,17,34H,2,14-16,18H2,1H3,(H,33,36);1H. The molecule has 42 heavy (non-hydrogen) atoms. The molecule has 3 heterocycles. The molecule has 3 aromatic carbocycles. The summed E-state index contributed by atoms with van der Waals surface area (Å²) in [7, 11) is -3.85. The molecular formula is C30H28Cl2N4O3S3. The monoisotopic (exact) mass is 658 g/mol. The minimum atomic E-state index is -3.85. The molecule has 0 bridgehead atoms. The lowest BCUT2D eigenvalue weighted by molar-refractivity contribution is 0.102. The van der Waals surface area contributed by atoms with Crippen molar-refractivity contribution >= 4 is 83.5 Å². The van der Waals surface area contributed by atoms with Crippen LogP contribution in [0, 0.1) is 0 Å². The van der Waals surface area contributed by atoms with Crippen molar-refractivity contribution < 1.29 is 13.2 Å². The number of nitrogens with one attached hydrogen (secondary N) is 2. The number of carbonyl (C=O) groups excluding carboxylic acids is 1. The van der Waals surface area contributed by atoms with E-state index in [2.05, 4.69) is 27.9 Å². The average Bonchev–Trinajstić information content (AvgIpc) is 3.53. The lowest BCUT2D eigenvalue weighted by Gasteiger charge is -2.26. The first-order valence-electron chi connectivity index (χ1n) is 13.2. The number of anilines is 2. The summed E-state index contributed by atoms with van der Waals surface area (Å²) in [6.07, 6.45) is 1.99. The van der Waals surface area contributed by atoms with Gasteiger partial charge in [0.05, 0.1) is 15.1 Å². The number of hydrogen-bond acceptors (Lipinski definition) is 7. The molecule has 0 saturated carbocycles. The lowest BCUT2D eigenvalue weighted by Crippen LogP contribution is -2.30. The van der Waals surface area contributed by atoms with Crippen LogP contribution in [0.15, 0.2) is 77.7 Å². The van der Waals surface area contributed by atoms with Crippen LogP contribution in [-0.2, 0) is 23.0 Å². The zero-order valence-corrected chi connectivity index (χ0v) is 26.6. The van der Waals surface area contributed by atoms with Gasteiger partial charge in [-0.15, -0.1) is 35.1 Å². The number of para-hydroxylation sites is 1. The minimum Gasteiger partial charge on any atom is -0.313 e. The molecule has 2 aromatic heterocycles. The topological polar surface area (TPSA) is 91.4 Å². The summed E-state index contributed by atoms with van der Waals surface area (Å²) in [6.45, 7) is 5.04. The van der Waals surface area contributed by atoms with Crippen molar-refractivity contribution in [3.05, 3.63) is 93.8 Å². The molecule has 0 spiro atoms. The molecule has 0 atom stereocenters. The highest BCUT2D eigenvalue weighted by molar-refractivity contribution is 7.92. The number of thiophene rings is 1. The maximum absolute atomic E-state index is 13.6. The maximum atomic E-state index is 13.6. The Morgan fingerprint density at radius 3 is 2.60 bits per heavy atom. The van der Waals surface area contributed by atoms with Gasteiger partial charge in [0.1, 0.15) is 10.0 Å². The largest absolute Gasteiger partial charge is 0.313 e. The molecule has 7 nitrogen and oxygen atoms in total. The molecular weight excluding hydrogens is 631 g/mol. The summed E-state index contributed by atoms with van der Waals surface area (Å²) in [5.74, 6) is -0.316. The Bertz CT molecular complexity index is 1820. The Kier molecular flexibility index (Phi) is 9.22. The molecule has 12 heteroatoms. The van der Waals surface area contributed by atoms with E-state index in [9.17, 15) is 13.2 Å². The van der Waals surface area contributed by atoms with E-state index < -0.39 is 10.0 Å². The Morgan fingerprint density at radius 2 is 1.83 bits per heavy atom. The van der Waals surface area contributed by atoms with Crippen LogP contribution in [0.4, 0.5) is 10.7 Å². The second-order valence-corrected chi connectivity index (χ2v) is 14.1. The molecule has 5 aromatic rings. The highest BCUT2D eigenvalue weighted by Crippen LogP contribution is 2.45. The Balaban J connectivity index is 0.00000353. The number of halogens is 2. The normalized spacial score (nSPS) is 13.4. The first-order chi connectivity index (χ1) is 19.8. The third-order valence-electron chi connectivity index (χ3n) is 6.91. The van der Waals surface area contributed by atoms with E-state index in [1.165, 1.54) is 40.8 Å². The molecule has 1 aliphatic rings. The number of aromatic nitrogens is 1. The van der Waals surface area contributed by atoms with Gasteiger partial charge in [0, 0.05) is 39.8 Å². The Morgan fingerprint density at radius 1 is 1.05 bits per heavy atom. The van der Waals surface area contributed by atoms with Crippen molar-refractivity contribution in [1.29, 1.82) is 0 Å². The second kappa shape index (κ2) is 12.7. The third kappa shape index (κ3) is 6.34. The van der Waals surface area contributed by atoms with Crippen LogP contribution in [-0.4, -0.2) is 37.3 Å². The number of sulfonamides is 1. The average molecular weight is 660 g/mol. The number of rotatable bonds is 8. The van der Waals surface area contributed by atoms with Crippen molar-refractivity contribution in [3.63, 3.8) is 0 Å². The fraction of sp³-hybridized carbons (Fsp3) is 0.200. The number of amides is 1. The lowest BCUT2D eigenvalue weighted by atomic mass is 10.0. The van der Waals surface area contributed by atoms with Crippen molar-refractivity contribution in [2.75, 3.05) is 23.1 Å². The zero-order chi connectivity index (χ0) is 28.6. The SMILES string of the molecule is CCCN1CCc2c(sc(NC(=O)c3cccc(NS(=O)(=O)c4ccc(Cl)cc4)c3)c2-c2nc3ccccc3s2)C1.Cl. The van der Waals surface area contributed by atoms with E-state index in [0.29, 0.717) is 16.3 Å². The van der Waals surface area contributed by atoms with Crippen LogP contribution in [0.1, 0.15) is 34.1 Å². The molecule has 0 saturated heterocycles. The summed E-state index contributed by atoms with van der Waals surface area (Å²) in [4.78, 5) is 22.3. The highest BCUT2D eigenvalue weighted by atomic mass is 35.5. The van der Waals surface area contributed by atoms with Gasteiger partial charge in [-0.25, -0.2) is 13.4 Å². The minimum absolute atomic E-state index is 0. The predicted molar refractivity (Wildman–Crippen MR) is 176 cm³/mol. The summed E-state index contributed by atoms with van der Waals surface area (Å²) >= 11 is 9.14. The molecule has 6 rings (SSSR count). The van der Waals surface area contributed by atoms with Crippen molar-refractivity contribution in [3.8, 4) is 10.6 Å². The molecule has 0 radical (unpaired) electrons. The number of fused-ring (bicyclic) bond motifs is 2. The van der Waals surface area contributed by atoms with Crippen LogP contribution in [0.2, 0.25) is 5.02 Å². The fourth-order valence-electron chi connectivity index (χ4n) is 4.98. The maximum Gasteiger partial charge on any atom is 0.261 e. The molecule has 1 aliphatic heterocycles. The van der Waals surface area contributed by atoms with E-state index >= 15 is 0 Å². The number of nitrogens with zero attached hydrogens (tertiary/aromatic N) is 2. The van der Waals surface area contributed by atoms with Crippen LogP contribution >= 0.6 is 46.7 Å². The predicted octanol–water partition coefficient (Wildman–Crippen LogP) is 7.92. The quantitative estimate of drug-likeness (QED) is 0.177. The first-order valence-corrected chi connectivity index (χ1v) is 16.7. The van der Waals surface area contributed by atoms with Gasteiger partial charge < -0.3 is 5.32 Å². The number of carbonyl (C=O) groups is 1. The van der Waals surface area contributed by atoms with Crippen LogP contribution in [0.5, 0.6) is 0 Å². The van der Waals surface area contributed by atoms with E-state index in [1.807, 2.05) is 18.2 Å². The van der Waals surface area contributed by atoms with Crippen LogP contribution < -0.4 is 10.0 Å². The Labute approximate surface area is 264 Å². The molecule has 1 amide bonds. The first kappa shape index (κ1) is 30.5. The fourth-order valence-corrected chi connectivity index (χ4v) is 8.56. The van der Waals surface area contributed by atoms with E-state index in [4.69, 9.17) is 16.6 Å². The highest BCUT2D eigenvalue weighted by Gasteiger charge is 2.28. The number of hydrogen-bond donors (Lipinski definition) is 2. The van der Waals surface area contributed by atoms with Gasteiger partial charge in [0.2, 0.25) is 0 Å². The van der Waals surface area contributed by atoms with Gasteiger partial charge in [0.25, 0.3) is 15.9 Å². The summed E-state index contributed by atoms with van der Waals surface area (Å²) in [6, 6.07) is 20.4. The molecule has 0 fully saturated rings. The van der Waals surface area contributed by atoms with Crippen molar-refractivity contribution in [2.45, 2.75) is 31.2 Å². The second-order valence-electron chi connectivity index (χ2n) is 9.82. The molecule has 0 aliphatic carbocycles. The molecule has 2 N–H and O–H groups in total. The van der Waals surface area contributed by atoms with E-state index in [0.717, 1.165) is 58.3 Å². The number of benzene rings is 3. The van der Waals surface area contributed by atoms with Crippen molar-refractivity contribution in [2.24, 2.45) is 0 Å². The van der Waals surface area contributed by atoms with Gasteiger partial charge in [0.15, 0.2) is 0 Å². The van der Waals surface area contributed by atoms with Gasteiger partial charge in [-0.1, -0.05) is 36.7 Å². The van der Waals surface area contributed by atoms with Gasteiger partial charge >= 0.3 is 0 Å². The van der Waals surface area contributed by atoms with Gasteiger partial charge in [-0.05, 0) is 79.5 Å². The number of thiazole rings is 1. The summed E-state index contributed by atoms with van der Waals surface area (Å²) in [5.41, 5.74) is 3.82. The zero-order valence-electron chi connectivity index (χ0n) is 22.6. The smallest absolute Gasteiger partial charge is 0.261 e. The van der Waals surface area contributed by atoms with Crippen LogP contribution in [0.25, 0.3) is 20.8 Å². The van der Waals surface area contributed by atoms with Crippen LogP contribution in [0.3, 0.4) is 0 Å². The Hall–Kier alpha value is -2.99. The van der Waals surface area contributed by atoms with Gasteiger partial charge in [-0.2, -0.15) is 0 Å². The molecule has 218 valence electrons. The molecule has 0 unspecified atom stereocenters. The third-order valence-corrected chi connectivity index (χ3v) is 10.7. The van der Waals surface area contributed by atoms with Gasteiger partial charge in [-0.3, -0.25) is 14.4 Å². The van der Waals surface area contributed by atoms with Crippen molar-refractivity contribution in [1.82, 2.24) is 9.88 Å².